The summed E-state index contributed by atoms with van der Waals surface area (Å²) in [5, 5.41) is 6.59. The molecular weight excluding hydrogens is 381 g/mol. The summed E-state index contributed by atoms with van der Waals surface area (Å²) in [5.41, 5.74) is 4.51. The number of fused-ring (bicyclic) bond motifs is 1. The zero-order chi connectivity index (χ0) is 21.3. The molecule has 30 heavy (non-hydrogen) atoms. The normalized spacial score (nSPS) is 16.2. The highest BCUT2D eigenvalue weighted by Crippen LogP contribution is 2.32. The van der Waals surface area contributed by atoms with Crippen LogP contribution in [0.5, 0.6) is 0 Å². The monoisotopic (exact) mass is 403 g/mol. The van der Waals surface area contributed by atoms with Crippen LogP contribution in [-0.2, 0) is 16.0 Å². The molecule has 5 nitrogen and oxygen atoms in total. The van der Waals surface area contributed by atoms with Crippen LogP contribution in [0.25, 0.3) is 10.9 Å². The van der Waals surface area contributed by atoms with E-state index in [4.69, 9.17) is 0 Å². The number of pyridine rings is 1. The lowest BCUT2D eigenvalue weighted by Crippen LogP contribution is -2.32. The summed E-state index contributed by atoms with van der Waals surface area (Å²) in [6.45, 7) is 3.97. The molecule has 3 aromatic rings. The molecule has 1 aromatic heterocycles. The van der Waals surface area contributed by atoms with E-state index >= 15 is 0 Å². The topological polar surface area (TPSA) is 71.1 Å². The smallest absolute Gasteiger partial charge is 0.253 e. The lowest BCUT2D eigenvalue weighted by molar-refractivity contribution is -0.121. The average Bonchev–Trinajstić information content (AvgIpc) is 2.73. The lowest BCUT2D eigenvalue weighted by atomic mass is 9.86. The SMILES string of the molecule is CCc1c(NC(=O)C2=CNC(=O)C[C@H]2c2cccc(F)c2)ccc2nc(C)ccc12. The summed E-state index contributed by atoms with van der Waals surface area (Å²) in [7, 11) is 0. The van der Waals surface area contributed by atoms with Gasteiger partial charge < -0.3 is 10.6 Å². The molecule has 0 fully saturated rings. The molecular formula is C24H22FN3O2. The molecule has 2 amide bonds. The van der Waals surface area contributed by atoms with E-state index in [2.05, 4.69) is 15.6 Å². The Bertz CT molecular complexity index is 1190. The average molecular weight is 403 g/mol. The Hall–Kier alpha value is -3.54. The number of carbonyl (C=O) groups is 2. The van der Waals surface area contributed by atoms with E-state index in [-0.39, 0.29) is 18.2 Å². The first-order valence-corrected chi connectivity index (χ1v) is 9.91. The van der Waals surface area contributed by atoms with Gasteiger partial charge in [0.25, 0.3) is 5.91 Å². The van der Waals surface area contributed by atoms with E-state index in [0.717, 1.165) is 28.6 Å². The molecule has 2 heterocycles. The van der Waals surface area contributed by atoms with Gasteiger partial charge in [-0.2, -0.15) is 0 Å². The Morgan fingerprint density at radius 2 is 2.07 bits per heavy atom. The van der Waals surface area contributed by atoms with Gasteiger partial charge in [-0.15, -0.1) is 0 Å². The van der Waals surface area contributed by atoms with Crippen LogP contribution >= 0.6 is 0 Å². The molecule has 2 aromatic carbocycles. The predicted molar refractivity (Wildman–Crippen MR) is 114 cm³/mol. The van der Waals surface area contributed by atoms with Crippen molar-refractivity contribution in [2.75, 3.05) is 5.32 Å². The number of benzene rings is 2. The molecule has 1 atom stereocenters. The minimum atomic E-state index is -0.510. The van der Waals surface area contributed by atoms with Crippen molar-refractivity contribution in [2.24, 2.45) is 0 Å². The molecule has 1 aliphatic rings. The van der Waals surface area contributed by atoms with Crippen LogP contribution in [0.1, 0.15) is 36.1 Å². The van der Waals surface area contributed by atoms with Crippen LogP contribution in [0.3, 0.4) is 0 Å². The first-order chi connectivity index (χ1) is 14.5. The highest BCUT2D eigenvalue weighted by Gasteiger charge is 2.29. The number of hydrogen-bond donors (Lipinski definition) is 2. The maximum atomic E-state index is 13.7. The number of aryl methyl sites for hydroxylation is 2. The van der Waals surface area contributed by atoms with Crippen molar-refractivity contribution in [3.8, 4) is 0 Å². The van der Waals surface area contributed by atoms with Gasteiger partial charge in [0.05, 0.1) is 5.52 Å². The largest absolute Gasteiger partial charge is 0.332 e. The highest BCUT2D eigenvalue weighted by atomic mass is 19.1. The molecule has 0 radical (unpaired) electrons. The zero-order valence-corrected chi connectivity index (χ0v) is 16.8. The van der Waals surface area contributed by atoms with Gasteiger partial charge in [-0.05, 0) is 54.8 Å². The molecule has 0 unspecified atom stereocenters. The third kappa shape index (κ3) is 3.81. The van der Waals surface area contributed by atoms with Gasteiger partial charge in [0.15, 0.2) is 0 Å². The number of rotatable bonds is 4. The van der Waals surface area contributed by atoms with Gasteiger partial charge in [0, 0.05) is 40.9 Å². The van der Waals surface area contributed by atoms with Crippen molar-refractivity contribution < 1.29 is 14.0 Å². The summed E-state index contributed by atoms with van der Waals surface area (Å²) in [6.07, 6.45) is 2.24. The van der Waals surface area contributed by atoms with E-state index in [1.165, 1.54) is 18.3 Å². The van der Waals surface area contributed by atoms with Crippen molar-refractivity contribution in [2.45, 2.75) is 32.6 Å². The van der Waals surface area contributed by atoms with Gasteiger partial charge in [-0.1, -0.05) is 25.1 Å². The Labute approximate surface area is 174 Å². The second-order valence-electron chi connectivity index (χ2n) is 7.40. The molecule has 0 bridgehead atoms. The Morgan fingerprint density at radius 3 is 2.83 bits per heavy atom. The second kappa shape index (κ2) is 8.06. The third-order valence-electron chi connectivity index (χ3n) is 5.39. The maximum Gasteiger partial charge on any atom is 0.253 e. The molecule has 2 N–H and O–H groups in total. The van der Waals surface area contributed by atoms with E-state index in [1.807, 2.05) is 38.1 Å². The van der Waals surface area contributed by atoms with Gasteiger partial charge >= 0.3 is 0 Å². The minimum Gasteiger partial charge on any atom is -0.332 e. The first kappa shape index (κ1) is 19.8. The molecule has 152 valence electrons. The second-order valence-corrected chi connectivity index (χ2v) is 7.40. The molecule has 6 heteroatoms. The molecule has 0 saturated heterocycles. The number of nitrogens with one attached hydrogen (secondary N) is 2. The van der Waals surface area contributed by atoms with E-state index in [9.17, 15) is 14.0 Å². The van der Waals surface area contributed by atoms with Gasteiger partial charge in [0.1, 0.15) is 5.82 Å². The Morgan fingerprint density at radius 1 is 1.23 bits per heavy atom. The van der Waals surface area contributed by atoms with E-state index in [0.29, 0.717) is 16.8 Å². The lowest BCUT2D eigenvalue weighted by Gasteiger charge is -2.24. The molecule has 0 spiro atoms. The summed E-state index contributed by atoms with van der Waals surface area (Å²) < 4.78 is 13.7. The van der Waals surface area contributed by atoms with Crippen LogP contribution in [0.4, 0.5) is 10.1 Å². The number of aromatic nitrogens is 1. The van der Waals surface area contributed by atoms with Crippen molar-refractivity contribution in [3.63, 3.8) is 0 Å². The minimum absolute atomic E-state index is 0.0876. The van der Waals surface area contributed by atoms with Gasteiger partial charge in [0.2, 0.25) is 5.91 Å². The predicted octanol–water partition coefficient (Wildman–Crippen LogP) is 4.37. The van der Waals surface area contributed by atoms with E-state index < -0.39 is 11.7 Å². The molecule has 1 aliphatic heterocycles. The first-order valence-electron chi connectivity index (χ1n) is 9.91. The highest BCUT2D eigenvalue weighted by molar-refractivity contribution is 6.07. The van der Waals surface area contributed by atoms with Crippen LogP contribution in [0.15, 0.2) is 60.3 Å². The number of hydrogen-bond acceptors (Lipinski definition) is 3. The summed E-state index contributed by atoms with van der Waals surface area (Å²) in [4.78, 5) is 29.7. The summed E-state index contributed by atoms with van der Waals surface area (Å²) in [6, 6.07) is 13.7. The number of halogens is 1. The van der Waals surface area contributed by atoms with Crippen LogP contribution < -0.4 is 10.6 Å². The molecule has 0 saturated carbocycles. The van der Waals surface area contributed by atoms with Crippen LogP contribution in [0, 0.1) is 12.7 Å². The van der Waals surface area contributed by atoms with Gasteiger partial charge in [-0.3, -0.25) is 14.6 Å². The number of nitrogens with zero attached hydrogens (tertiary/aromatic N) is 1. The fourth-order valence-corrected chi connectivity index (χ4v) is 3.92. The number of carbonyl (C=O) groups excluding carboxylic acids is 2. The van der Waals surface area contributed by atoms with Crippen molar-refractivity contribution >= 4 is 28.4 Å². The van der Waals surface area contributed by atoms with Crippen molar-refractivity contribution in [1.82, 2.24) is 10.3 Å². The molecule has 0 aliphatic carbocycles. The number of amides is 2. The van der Waals surface area contributed by atoms with Gasteiger partial charge in [-0.25, -0.2) is 4.39 Å². The summed E-state index contributed by atoms with van der Waals surface area (Å²) >= 11 is 0. The fraction of sp³-hybridized carbons (Fsp3) is 0.208. The van der Waals surface area contributed by atoms with Crippen LogP contribution in [0.2, 0.25) is 0 Å². The van der Waals surface area contributed by atoms with Crippen molar-refractivity contribution in [3.05, 3.63) is 82.9 Å². The van der Waals surface area contributed by atoms with E-state index in [1.54, 1.807) is 12.1 Å². The molecule has 4 rings (SSSR count). The Balaban J connectivity index is 1.68. The Kier molecular flexibility index (Phi) is 5.31. The standard InChI is InChI=1S/C24H22FN3O2/c1-3-17-18-8-7-14(2)27-22(18)10-9-21(17)28-24(30)20-13-26-23(29)12-19(20)15-5-4-6-16(25)11-15/h4-11,13,19H,3,12H2,1-2H3,(H,26,29)(H,28,30)/t19-/m0/s1. The quantitative estimate of drug-likeness (QED) is 0.680. The van der Waals surface area contributed by atoms with Crippen LogP contribution in [-0.4, -0.2) is 16.8 Å². The van der Waals surface area contributed by atoms with Crippen molar-refractivity contribution in [1.29, 1.82) is 0 Å². The maximum absolute atomic E-state index is 13.7. The zero-order valence-electron chi connectivity index (χ0n) is 16.8. The number of anilines is 1. The third-order valence-corrected chi connectivity index (χ3v) is 5.39. The fourth-order valence-electron chi connectivity index (χ4n) is 3.92. The summed E-state index contributed by atoms with van der Waals surface area (Å²) in [5.74, 6) is -1.44.